The molecule has 0 atom stereocenters. The Morgan fingerprint density at radius 2 is 2.12 bits per heavy atom. The van der Waals surface area contributed by atoms with E-state index in [0.29, 0.717) is 18.1 Å². The van der Waals surface area contributed by atoms with Gasteiger partial charge in [-0.1, -0.05) is 27.5 Å². The first-order chi connectivity index (χ1) is 7.38. The van der Waals surface area contributed by atoms with Gasteiger partial charge in [-0.15, -0.1) is 0 Å². The molecule has 0 heterocycles. The minimum Gasteiger partial charge on any atom is -0.312 e. The number of rotatable bonds is 5. The Bertz CT molecular complexity index is 465. The average Bonchev–Trinajstić information content (AvgIpc) is 2.16. The van der Waals surface area contributed by atoms with E-state index in [4.69, 9.17) is 16.7 Å². The third kappa shape index (κ3) is 5.27. The van der Waals surface area contributed by atoms with Crippen molar-refractivity contribution in [3.8, 4) is 0 Å². The number of nitrogens with two attached hydrogens (primary N) is 1. The maximum atomic E-state index is 10.7. The van der Waals surface area contributed by atoms with Gasteiger partial charge in [0.1, 0.15) is 0 Å². The van der Waals surface area contributed by atoms with Crippen molar-refractivity contribution in [2.24, 2.45) is 5.14 Å². The molecule has 0 aliphatic carbocycles. The van der Waals surface area contributed by atoms with Crippen LogP contribution in [0.25, 0.3) is 0 Å². The molecule has 90 valence electrons. The summed E-state index contributed by atoms with van der Waals surface area (Å²) in [4.78, 5) is 0. The van der Waals surface area contributed by atoms with E-state index in [0.717, 1.165) is 10.0 Å². The Kier molecular flexibility index (Phi) is 5.20. The molecule has 0 unspecified atom stereocenters. The minimum absolute atomic E-state index is 0.0847. The lowest BCUT2D eigenvalue weighted by molar-refractivity contribution is 0.592. The molecule has 3 N–H and O–H groups in total. The summed E-state index contributed by atoms with van der Waals surface area (Å²) in [5.74, 6) is -0.0847. The van der Waals surface area contributed by atoms with Crippen LogP contribution < -0.4 is 10.5 Å². The number of primary sulfonamides is 1. The van der Waals surface area contributed by atoms with Gasteiger partial charge in [-0.3, -0.25) is 0 Å². The molecule has 0 amide bonds. The number of hydrogen-bond acceptors (Lipinski definition) is 3. The molecule has 0 aliphatic heterocycles. The topological polar surface area (TPSA) is 72.2 Å². The molecule has 1 rings (SSSR count). The molecule has 4 nitrogen and oxygen atoms in total. The van der Waals surface area contributed by atoms with Gasteiger partial charge in [0, 0.05) is 22.6 Å². The van der Waals surface area contributed by atoms with Gasteiger partial charge in [0.15, 0.2) is 0 Å². The molecule has 0 aromatic heterocycles. The summed E-state index contributed by atoms with van der Waals surface area (Å²) in [7, 11) is -3.40. The van der Waals surface area contributed by atoms with Crippen molar-refractivity contribution in [3.63, 3.8) is 0 Å². The van der Waals surface area contributed by atoms with E-state index >= 15 is 0 Å². The van der Waals surface area contributed by atoms with Gasteiger partial charge >= 0.3 is 0 Å². The molecule has 16 heavy (non-hydrogen) atoms. The van der Waals surface area contributed by atoms with E-state index in [2.05, 4.69) is 21.2 Å². The van der Waals surface area contributed by atoms with E-state index in [1.54, 1.807) is 6.07 Å². The number of benzene rings is 1. The Morgan fingerprint density at radius 1 is 1.44 bits per heavy atom. The Morgan fingerprint density at radius 3 is 2.75 bits per heavy atom. The van der Waals surface area contributed by atoms with Crippen LogP contribution in [0.1, 0.15) is 5.56 Å². The molecule has 0 spiro atoms. The number of nitrogens with one attached hydrogen (secondary N) is 1. The fourth-order valence-electron chi connectivity index (χ4n) is 1.12. The zero-order valence-corrected chi connectivity index (χ0v) is 11.6. The number of halogens is 2. The molecule has 0 bridgehead atoms. The number of sulfonamides is 1. The van der Waals surface area contributed by atoms with Crippen LogP contribution in [0.3, 0.4) is 0 Å². The highest BCUT2D eigenvalue weighted by atomic mass is 79.9. The summed E-state index contributed by atoms with van der Waals surface area (Å²) in [6.07, 6.45) is 0. The highest BCUT2D eigenvalue weighted by Crippen LogP contribution is 2.20. The summed E-state index contributed by atoms with van der Waals surface area (Å²) in [6, 6.07) is 5.50. The first-order valence-corrected chi connectivity index (χ1v) is 7.42. The van der Waals surface area contributed by atoms with Gasteiger partial charge in [-0.05, 0) is 23.8 Å². The van der Waals surface area contributed by atoms with Crippen molar-refractivity contribution in [2.75, 3.05) is 12.3 Å². The molecule has 0 radical (unpaired) electrons. The third-order valence-electron chi connectivity index (χ3n) is 1.89. The van der Waals surface area contributed by atoms with Crippen molar-refractivity contribution < 1.29 is 8.42 Å². The van der Waals surface area contributed by atoms with Crippen LogP contribution in [-0.4, -0.2) is 20.7 Å². The zero-order chi connectivity index (χ0) is 12.2. The highest BCUT2D eigenvalue weighted by molar-refractivity contribution is 9.10. The molecule has 7 heteroatoms. The molecule has 0 aliphatic rings. The van der Waals surface area contributed by atoms with Crippen LogP contribution in [0, 0.1) is 0 Å². The largest absolute Gasteiger partial charge is 0.312 e. The summed E-state index contributed by atoms with van der Waals surface area (Å²) in [6.45, 7) is 0.815. The van der Waals surface area contributed by atoms with Crippen molar-refractivity contribution in [3.05, 3.63) is 33.3 Å². The van der Waals surface area contributed by atoms with Gasteiger partial charge in [0.05, 0.1) is 5.75 Å². The van der Waals surface area contributed by atoms with Gasteiger partial charge in [0.25, 0.3) is 0 Å². The lowest BCUT2D eigenvalue weighted by Crippen LogP contribution is -2.26. The van der Waals surface area contributed by atoms with Crippen molar-refractivity contribution in [2.45, 2.75) is 6.54 Å². The third-order valence-corrected chi connectivity index (χ3v) is 3.52. The van der Waals surface area contributed by atoms with E-state index < -0.39 is 10.0 Å². The van der Waals surface area contributed by atoms with Crippen LogP contribution >= 0.6 is 27.5 Å². The summed E-state index contributed by atoms with van der Waals surface area (Å²) in [5.41, 5.74) is 0.908. The maximum absolute atomic E-state index is 10.7. The molecule has 0 saturated carbocycles. The van der Waals surface area contributed by atoms with E-state index in [1.165, 1.54) is 0 Å². The summed E-state index contributed by atoms with van der Waals surface area (Å²) >= 11 is 9.30. The highest BCUT2D eigenvalue weighted by Gasteiger charge is 2.03. The van der Waals surface area contributed by atoms with E-state index in [9.17, 15) is 8.42 Å². The minimum atomic E-state index is -3.40. The second-order valence-corrected chi connectivity index (χ2v) is 6.34. The monoisotopic (exact) mass is 326 g/mol. The fourth-order valence-corrected chi connectivity index (χ4v) is 2.14. The van der Waals surface area contributed by atoms with Crippen LogP contribution in [0.15, 0.2) is 22.7 Å². The Labute approximate surface area is 108 Å². The van der Waals surface area contributed by atoms with Crippen LogP contribution in [-0.2, 0) is 16.6 Å². The zero-order valence-electron chi connectivity index (χ0n) is 8.41. The standard InChI is InChI=1S/C9H12BrClN2O2S/c10-8-1-2-9(11)7(5-8)6-13-3-4-16(12,14)15/h1-2,5,13H,3-4,6H2,(H2,12,14,15). The van der Waals surface area contributed by atoms with Gasteiger partial charge in [-0.25, -0.2) is 13.6 Å². The van der Waals surface area contributed by atoms with Crippen LogP contribution in [0.5, 0.6) is 0 Å². The summed E-state index contributed by atoms with van der Waals surface area (Å²) < 4.78 is 22.3. The maximum Gasteiger partial charge on any atom is 0.210 e. The lowest BCUT2D eigenvalue weighted by atomic mass is 10.2. The quantitative estimate of drug-likeness (QED) is 0.805. The predicted molar refractivity (Wildman–Crippen MR) is 68.8 cm³/mol. The number of hydrogen-bond donors (Lipinski definition) is 2. The molecular weight excluding hydrogens is 316 g/mol. The van der Waals surface area contributed by atoms with Crippen molar-refractivity contribution in [1.29, 1.82) is 0 Å². The molecule has 0 fully saturated rings. The second kappa shape index (κ2) is 5.97. The lowest BCUT2D eigenvalue weighted by Gasteiger charge is -2.06. The average molecular weight is 328 g/mol. The van der Waals surface area contributed by atoms with Gasteiger partial charge in [-0.2, -0.15) is 0 Å². The first-order valence-electron chi connectivity index (χ1n) is 4.53. The van der Waals surface area contributed by atoms with E-state index in [1.807, 2.05) is 12.1 Å². The summed E-state index contributed by atoms with van der Waals surface area (Å²) in [5, 5.41) is 8.47. The van der Waals surface area contributed by atoms with Gasteiger partial charge in [0.2, 0.25) is 10.0 Å². The van der Waals surface area contributed by atoms with Crippen molar-refractivity contribution >= 4 is 37.6 Å². The predicted octanol–water partition coefficient (Wildman–Crippen LogP) is 1.48. The normalized spacial score (nSPS) is 11.7. The van der Waals surface area contributed by atoms with Crippen molar-refractivity contribution in [1.82, 2.24) is 5.32 Å². The molecule has 0 saturated heterocycles. The second-order valence-electron chi connectivity index (χ2n) is 3.28. The Hall–Kier alpha value is -0.140. The molecule has 1 aromatic rings. The smallest absolute Gasteiger partial charge is 0.210 e. The van der Waals surface area contributed by atoms with E-state index in [-0.39, 0.29) is 5.75 Å². The SMILES string of the molecule is NS(=O)(=O)CCNCc1cc(Br)ccc1Cl. The van der Waals surface area contributed by atoms with Gasteiger partial charge < -0.3 is 5.32 Å². The fraction of sp³-hybridized carbons (Fsp3) is 0.333. The van der Waals surface area contributed by atoms with Crippen LogP contribution in [0.2, 0.25) is 5.02 Å². The van der Waals surface area contributed by atoms with Crippen LogP contribution in [0.4, 0.5) is 0 Å². The first kappa shape index (κ1) is 13.9. The molecule has 1 aromatic carbocycles. The Balaban J connectivity index is 2.46. The molecular formula is C9H12BrClN2O2S.